The lowest BCUT2D eigenvalue weighted by molar-refractivity contribution is 0.0938. The number of hydrogen-bond acceptors (Lipinski definition) is 5. The molecule has 162 valence electrons. The fourth-order valence-electron chi connectivity index (χ4n) is 3.31. The lowest BCUT2D eigenvalue weighted by atomic mass is 10.0. The highest BCUT2D eigenvalue weighted by Crippen LogP contribution is 2.30. The third-order valence-electron chi connectivity index (χ3n) is 4.89. The summed E-state index contributed by atoms with van der Waals surface area (Å²) in [6.45, 7) is 2.72. The van der Waals surface area contributed by atoms with E-state index in [0.29, 0.717) is 36.0 Å². The predicted octanol–water partition coefficient (Wildman–Crippen LogP) is 5.17. The fraction of sp³-hybridized carbons (Fsp3) is 0.154. The van der Waals surface area contributed by atoms with Gasteiger partial charge in [0.2, 0.25) is 0 Å². The van der Waals surface area contributed by atoms with Crippen LogP contribution in [-0.4, -0.2) is 17.5 Å². The van der Waals surface area contributed by atoms with E-state index in [9.17, 15) is 4.79 Å². The number of furan rings is 1. The molecule has 1 amide bonds. The number of amides is 1. The van der Waals surface area contributed by atoms with Crippen LogP contribution in [0.5, 0.6) is 11.5 Å². The second kappa shape index (κ2) is 10.3. The van der Waals surface area contributed by atoms with Crippen molar-refractivity contribution in [1.29, 1.82) is 0 Å². The van der Waals surface area contributed by atoms with Crippen molar-refractivity contribution in [3.63, 3.8) is 0 Å². The smallest absolute Gasteiger partial charge is 0.252 e. The molecule has 0 aliphatic rings. The van der Waals surface area contributed by atoms with Crippen molar-refractivity contribution in [3.05, 3.63) is 114 Å². The van der Waals surface area contributed by atoms with Crippen LogP contribution in [0.2, 0.25) is 0 Å². The quantitative estimate of drug-likeness (QED) is 0.398. The minimum Gasteiger partial charge on any atom is -0.490 e. The summed E-state index contributed by atoms with van der Waals surface area (Å²) in [5, 5.41) is 3.06. The van der Waals surface area contributed by atoms with E-state index < -0.39 is 6.04 Å². The van der Waals surface area contributed by atoms with Gasteiger partial charge in [-0.2, -0.15) is 0 Å². The van der Waals surface area contributed by atoms with E-state index in [2.05, 4.69) is 10.3 Å². The first kappa shape index (κ1) is 21.2. The van der Waals surface area contributed by atoms with Gasteiger partial charge in [0, 0.05) is 18.0 Å². The third kappa shape index (κ3) is 5.16. The van der Waals surface area contributed by atoms with E-state index in [1.165, 1.54) is 0 Å². The number of aromatic nitrogens is 1. The van der Waals surface area contributed by atoms with Crippen LogP contribution < -0.4 is 14.8 Å². The van der Waals surface area contributed by atoms with Gasteiger partial charge >= 0.3 is 0 Å². The molecule has 0 bridgehead atoms. The average molecular weight is 428 g/mol. The van der Waals surface area contributed by atoms with Crippen LogP contribution in [0.15, 0.2) is 95.9 Å². The molecule has 6 nitrogen and oxygen atoms in total. The number of benzene rings is 2. The molecule has 4 aromatic rings. The highest BCUT2D eigenvalue weighted by atomic mass is 16.5. The van der Waals surface area contributed by atoms with Crippen LogP contribution in [0.1, 0.15) is 40.2 Å². The maximum absolute atomic E-state index is 13.1. The van der Waals surface area contributed by atoms with E-state index in [1.807, 2.05) is 55.5 Å². The molecule has 0 spiro atoms. The SMILES string of the molecule is CCOc1cc(C(=O)NC(c2ccccc2)c2ccco2)ccc1OCc1ccncc1. The molecule has 1 N–H and O–H groups in total. The minimum atomic E-state index is -0.406. The van der Waals surface area contributed by atoms with E-state index in [0.717, 1.165) is 11.1 Å². The first-order chi connectivity index (χ1) is 15.7. The van der Waals surface area contributed by atoms with Gasteiger partial charge in [0.05, 0.1) is 12.9 Å². The maximum atomic E-state index is 13.1. The van der Waals surface area contributed by atoms with Crippen molar-refractivity contribution >= 4 is 5.91 Å². The van der Waals surface area contributed by atoms with Gasteiger partial charge in [-0.05, 0) is 60.5 Å². The Balaban J connectivity index is 1.54. The number of carbonyl (C=O) groups excluding carboxylic acids is 1. The molecule has 2 heterocycles. The number of nitrogens with zero attached hydrogens (tertiary/aromatic N) is 1. The number of carbonyl (C=O) groups is 1. The summed E-state index contributed by atoms with van der Waals surface area (Å²) in [5.74, 6) is 1.51. The summed E-state index contributed by atoms with van der Waals surface area (Å²) in [5.41, 5.74) is 2.39. The van der Waals surface area contributed by atoms with Crippen LogP contribution in [0, 0.1) is 0 Å². The van der Waals surface area contributed by atoms with Crippen LogP contribution in [0.4, 0.5) is 0 Å². The van der Waals surface area contributed by atoms with Crippen molar-refractivity contribution in [2.24, 2.45) is 0 Å². The lowest BCUT2D eigenvalue weighted by Crippen LogP contribution is -2.29. The average Bonchev–Trinajstić information content (AvgIpc) is 3.37. The monoisotopic (exact) mass is 428 g/mol. The molecule has 0 aliphatic heterocycles. The number of ether oxygens (including phenoxy) is 2. The van der Waals surface area contributed by atoms with E-state index >= 15 is 0 Å². The standard InChI is InChI=1S/C26H24N2O4/c1-2-30-24-17-21(10-11-22(24)32-18-19-12-14-27-15-13-19)26(29)28-25(23-9-6-16-31-23)20-7-4-3-5-8-20/h3-17,25H,2,18H2,1H3,(H,28,29). The fourth-order valence-corrected chi connectivity index (χ4v) is 3.31. The number of hydrogen-bond donors (Lipinski definition) is 1. The molecule has 0 radical (unpaired) electrons. The van der Waals surface area contributed by atoms with Crippen LogP contribution in [-0.2, 0) is 6.61 Å². The number of pyridine rings is 1. The predicted molar refractivity (Wildman–Crippen MR) is 121 cm³/mol. The summed E-state index contributed by atoms with van der Waals surface area (Å²) in [6, 6.07) is 21.9. The molecule has 2 aromatic heterocycles. The summed E-state index contributed by atoms with van der Waals surface area (Å²) >= 11 is 0. The lowest BCUT2D eigenvalue weighted by Gasteiger charge is -2.18. The van der Waals surface area contributed by atoms with Crippen LogP contribution in [0.25, 0.3) is 0 Å². The Labute approximate surface area is 186 Å². The Hall–Kier alpha value is -4.06. The first-order valence-corrected chi connectivity index (χ1v) is 10.4. The molecule has 0 aliphatic carbocycles. The molecule has 2 aromatic carbocycles. The molecule has 0 saturated heterocycles. The Morgan fingerprint density at radius 1 is 0.969 bits per heavy atom. The van der Waals surface area contributed by atoms with Crippen molar-refractivity contribution in [3.8, 4) is 11.5 Å². The molecular weight excluding hydrogens is 404 g/mol. The molecule has 32 heavy (non-hydrogen) atoms. The van der Waals surface area contributed by atoms with Gasteiger partial charge in [0.25, 0.3) is 5.91 Å². The largest absolute Gasteiger partial charge is 0.490 e. The number of rotatable bonds is 9. The van der Waals surface area contributed by atoms with E-state index in [1.54, 1.807) is 42.9 Å². The van der Waals surface area contributed by atoms with Gasteiger partial charge < -0.3 is 19.2 Å². The van der Waals surface area contributed by atoms with Gasteiger partial charge in [-0.15, -0.1) is 0 Å². The molecule has 0 saturated carbocycles. The Morgan fingerprint density at radius 3 is 2.50 bits per heavy atom. The van der Waals surface area contributed by atoms with E-state index in [4.69, 9.17) is 13.9 Å². The van der Waals surface area contributed by atoms with E-state index in [-0.39, 0.29) is 5.91 Å². The van der Waals surface area contributed by atoms with Crippen LogP contribution in [0.3, 0.4) is 0 Å². The van der Waals surface area contributed by atoms with Crippen molar-refractivity contribution in [2.45, 2.75) is 19.6 Å². The zero-order valence-corrected chi connectivity index (χ0v) is 17.7. The molecule has 0 fully saturated rings. The highest BCUT2D eigenvalue weighted by molar-refractivity contribution is 5.95. The van der Waals surface area contributed by atoms with Gasteiger partial charge in [0.15, 0.2) is 11.5 Å². The van der Waals surface area contributed by atoms with Crippen LogP contribution >= 0.6 is 0 Å². The molecule has 1 atom stereocenters. The summed E-state index contributed by atoms with van der Waals surface area (Å²) in [7, 11) is 0. The molecule has 4 rings (SSSR count). The highest BCUT2D eigenvalue weighted by Gasteiger charge is 2.21. The summed E-state index contributed by atoms with van der Waals surface area (Å²) < 4.78 is 17.2. The zero-order chi connectivity index (χ0) is 22.2. The van der Waals surface area contributed by atoms with Gasteiger partial charge in [-0.25, -0.2) is 0 Å². The number of nitrogens with one attached hydrogen (secondary N) is 1. The van der Waals surface area contributed by atoms with Crippen molar-refractivity contribution < 1.29 is 18.7 Å². The van der Waals surface area contributed by atoms with Crippen molar-refractivity contribution in [2.75, 3.05) is 6.61 Å². The second-order valence-corrected chi connectivity index (χ2v) is 7.07. The Bertz CT molecular complexity index is 1130. The minimum absolute atomic E-state index is 0.239. The van der Waals surface area contributed by atoms with Gasteiger partial charge in [-0.3, -0.25) is 9.78 Å². The molecule has 1 unspecified atom stereocenters. The second-order valence-electron chi connectivity index (χ2n) is 7.07. The topological polar surface area (TPSA) is 73.6 Å². The Morgan fingerprint density at radius 2 is 1.78 bits per heavy atom. The Kier molecular flexibility index (Phi) is 6.82. The molecule has 6 heteroatoms. The zero-order valence-electron chi connectivity index (χ0n) is 17.7. The summed E-state index contributed by atoms with van der Waals surface area (Å²) in [6.07, 6.45) is 5.04. The first-order valence-electron chi connectivity index (χ1n) is 10.4. The molecular formula is C26H24N2O4. The maximum Gasteiger partial charge on any atom is 0.252 e. The van der Waals surface area contributed by atoms with Gasteiger partial charge in [-0.1, -0.05) is 30.3 Å². The normalized spacial score (nSPS) is 11.5. The van der Waals surface area contributed by atoms with Gasteiger partial charge in [0.1, 0.15) is 18.4 Å². The van der Waals surface area contributed by atoms with Crippen molar-refractivity contribution in [1.82, 2.24) is 10.3 Å². The third-order valence-corrected chi connectivity index (χ3v) is 4.89. The summed E-state index contributed by atoms with van der Waals surface area (Å²) in [4.78, 5) is 17.1.